The summed E-state index contributed by atoms with van der Waals surface area (Å²) < 4.78 is 0. The van der Waals surface area contributed by atoms with Crippen molar-refractivity contribution in [2.75, 3.05) is 26.7 Å². The molecule has 1 aliphatic heterocycles. The van der Waals surface area contributed by atoms with Crippen molar-refractivity contribution in [3.05, 3.63) is 29.1 Å². The molecule has 1 saturated heterocycles. The maximum atomic E-state index is 12.5. The molecule has 4 nitrogen and oxygen atoms in total. The molecule has 1 aromatic heterocycles. The number of amides is 1. The van der Waals surface area contributed by atoms with Gasteiger partial charge in [0, 0.05) is 18.8 Å². The molecule has 0 atom stereocenters. The summed E-state index contributed by atoms with van der Waals surface area (Å²) in [5, 5.41) is 3.20. The van der Waals surface area contributed by atoms with Crippen LogP contribution in [0.15, 0.2) is 12.1 Å². The van der Waals surface area contributed by atoms with E-state index in [2.05, 4.69) is 10.3 Å². The van der Waals surface area contributed by atoms with E-state index >= 15 is 0 Å². The number of rotatable bonds is 4. The van der Waals surface area contributed by atoms with Gasteiger partial charge in [0.15, 0.2) is 0 Å². The first-order valence-electron chi connectivity index (χ1n) is 7.50. The average Bonchev–Trinajstić information content (AvgIpc) is 2.45. The molecule has 1 aromatic rings. The molecule has 126 valence electrons. The number of halogens is 2. The predicted octanol–water partition coefficient (Wildman–Crippen LogP) is 3.00. The number of hydrogen-bond donors (Lipinski definition) is 1. The minimum absolute atomic E-state index is 0. The van der Waals surface area contributed by atoms with Crippen LogP contribution in [0.25, 0.3) is 0 Å². The molecule has 22 heavy (non-hydrogen) atoms. The molecule has 1 N–H and O–H groups in total. The number of nitrogens with one attached hydrogen (secondary N) is 1. The number of hydrogen-bond acceptors (Lipinski definition) is 3. The Hall–Kier alpha value is -0.840. The molecule has 6 heteroatoms. The van der Waals surface area contributed by atoms with Gasteiger partial charge in [-0.15, -0.1) is 24.8 Å². The number of nitrogens with zero attached hydrogens (tertiary/aromatic N) is 2. The van der Waals surface area contributed by atoms with E-state index in [0.717, 1.165) is 55.3 Å². The Morgan fingerprint density at radius 1 is 1.27 bits per heavy atom. The number of likely N-dealkylation sites (tertiary alicyclic amines) is 1. The largest absolute Gasteiger partial charge is 0.339 e. The highest BCUT2D eigenvalue weighted by Crippen LogP contribution is 2.22. The van der Waals surface area contributed by atoms with Crippen molar-refractivity contribution in [2.24, 2.45) is 5.92 Å². The highest BCUT2D eigenvalue weighted by Gasteiger charge is 2.24. The molecule has 0 radical (unpaired) electrons. The first kappa shape index (κ1) is 21.2. The number of aryl methyl sites for hydroxylation is 2. The SMILES string of the molecule is CNCCC1CCN(C(=O)c2ccc(C)nc2C)CC1.Cl.Cl. The molecule has 1 amide bonds. The van der Waals surface area contributed by atoms with Crippen LogP contribution in [0.4, 0.5) is 0 Å². The van der Waals surface area contributed by atoms with Crippen LogP contribution in [0.2, 0.25) is 0 Å². The molecule has 0 spiro atoms. The Bertz CT molecular complexity index is 474. The normalized spacial score (nSPS) is 15.0. The van der Waals surface area contributed by atoms with Crippen molar-refractivity contribution in [1.29, 1.82) is 0 Å². The van der Waals surface area contributed by atoms with Gasteiger partial charge in [0.05, 0.1) is 11.3 Å². The second kappa shape index (κ2) is 10.0. The van der Waals surface area contributed by atoms with Gasteiger partial charge in [-0.25, -0.2) is 0 Å². The molecule has 2 heterocycles. The van der Waals surface area contributed by atoms with Crippen LogP contribution in [0, 0.1) is 19.8 Å². The number of carbonyl (C=O) groups is 1. The third-order valence-corrected chi connectivity index (χ3v) is 4.16. The van der Waals surface area contributed by atoms with E-state index in [9.17, 15) is 4.79 Å². The molecule has 0 bridgehead atoms. The molecule has 0 unspecified atom stereocenters. The molecule has 0 saturated carbocycles. The fourth-order valence-corrected chi connectivity index (χ4v) is 2.86. The van der Waals surface area contributed by atoms with Crippen LogP contribution in [-0.2, 0) is 0 Å². The van der Waals surface area contributed by atoms with Gasteiger partial charge in [0.2, 0.25) is 0 Å². The predicted molar refractivity (Wildman–Crippen MR) is 95.4 cm³/mol. The van der Waals surface area contributed by atoms with Gasteiger partial charge >= 0.3 is 0 Å². The lowest BCUT2D eigenvalue weighted by Gasteiger charge is -2.32. The number of pyridine rings is 1. The summed E-state index contributed by atoms with van der Waals surface area (Å²) in [5.41, 5.74) is 2.56. The van der Waals surface area contributed by atoms with Gasteiger partial charge in [-0.3, -0.25) is 9.78 Å². The summed E-state index contributed by atoms with van der Waals surface area (Å²) >= 11 is 0. The van der Waals surface area contributed by atoms with E-state index < -0.39 is 0 Å². The summed E-state index contributed by atoms with van der Waals surface area (Å²) in [6, 6.07) is 3.83. The zero-order chi connectivity index (χ0) is 14.5. The van der Waals surface area contributed by atoms with Gasteiger partial charge in [-0.2, -0.15) is 0 Å². The smallest absolute Gasteiger partial charge is 0.255 e. The molecule has 1 fully saturated rings. The van der Waals surface area contributed by atoms with Gasteiger partial charge in [0.25, 0.3) is 5.91 Å². The molecule has 1 aliphatic rings. The van der Waals surface area contributed by atoms with Crippen LogP contribution >= 0.6 is 24.8 Å². The third-order valence-electron chi connectivity index (χ3n) is 4.16. The molecular weight excluding hydrogens is 321 g/mol. The van der Waals surface area contributed by atoms with Crippen LogP contribution in [0.3, 0.4) is 0 Å². The van der Waals surface area contributed by atoms with Gasteiger partial charge in [-0.1, -0.05) is 0 Å². The number of aromatic nitrogens is 1. The van der Waals surface area contributed by atoms with Gasteiger partial charge < -0.3 is 10.2 Å². The molecule has 0 aliphatic carbocycles. The Kier molecular flexibility index (Phi) is 9.65. The van der Waals surface area contributed by atoms with E-state index in [0.29, 0.717) is 0 Å². The first-order chi connectivity index (χ1) is 9.61. The second-order valence-corrected chi connectivity index (χ2v) is 5.71. The fraction of sp³-hybridized carbons (Fsp3) is 0.625. The van der Waals surface area contributed by atoms with E-state index in [1.54, 1.807) is 0 Å². The summed E-state index contributed by atoms with van der Waals surface area (Å²) in [4.78, 5) is 18.9. The minimum atomic E-state index is 0. The van der Waals surface area contributed by atoms with Crippen molar-refractivity contribution in [3.8, 4) is 0 Å². The van der Waals surface area contributed by atoms with Crippen LogP contribution in [0.5, 0.6) is 0 Å². The van der Waals surface area contributed by atoms with Crippen molar-refractivity contribution >= 4 is 30.7 Å². The fourth-order valence-electron chi connectivity index (χ4n) is 2.86. The number of carbonyl (C=O) groups excluding carboxylic acids is 1. The summed E-state index contributed by atoms with van der Waals surface area (Å²) in [5.74, 6) is 0.894. The van der Waals surface area contributed by atoms with E-state index in [-0.39, 0.29) is 30.7 Å². The van der Waals surface area contributed by atoms with Crippen molar-refractivity contribution in [2.45, 2.75) is 33.1 Å². The topological polar surface area (TPSA) is 45.2 Å². The Morgan fingerprint density at radius 2 is 1.91 bits per heavy atom. The van der Waals surface area contributed by atoms with Crippen molar-refractivity contribution in [3.63, 3.8) is 0 Å². The molecule has 2 rings (SSSR count). The first-order valence-corrected chi connectivity index (χ1v) is 7.50. The highest BCUT2D eigenvalue weighted by atomic mass is 35.5. The lowest BCUT2D eigenvalue weighted by atomic mass is 9.93. The minimum Gasteiger partial charge on any atom is -0.339 e. The van der Waals surface area contributed by atoms with Crippen LogP contribution < -0.4 is 5.32 Å². The average molecular weight is 348 g/mol. The number of piperidine rings is 1. The van der Waals surface area contributed by atoms with Crippen molar-refractivity contribution in [1.82, 2.24) is 15.2 Å². The van der Waals surface area contributed by atoms with Gasteiger partial charge in [-0.05, 0) is 64.8 Å². The highest BCUT2D eigenvalue weighted by molar-refractivity contribution is 5.95. The zero-order valence-electron chi connectivity index (χ0n) is 13.6. The third kappa shape index (κ3) is 5.41. The monoisotopic (exact) mass is 347 g/mol. The maximum Gasteiger partial charge on any atom is 0.255 e. The molecule has 0 aromatic carbocycles. The Balaban J connectivity index is 0.00000220. The lowest BCUT2D eigenvalue weighted by Crippen LogP contribution is -2.39. The Morgan fingerprint density at radius 3 is 2.45 bits per heavy atom. The quantitative estimate of drug-likeness (QED) is 0.910. The Labute approximate surface area is 145 Å². The van der Waals surface area contributed by atoms with Crippen LogP contribution in [0.1, 0.15) is 41.0 Å². The summed E-state index contributed by atoms with van der Waals surface area (Å²) in [7, 11) is 1.99. The standard InChI is InChI=1S/C16H25N3O.2ClH/c1-12-4-5-15(13(2)18-12)16(20)19-10-7-14(8-11-19)6-9-17-3;;/h4-5,14,17H,6-11H2,1-3H3;2*1H. The van der Waals surface area contributed by atoms with Crippen molar-refractivity contribution < 1.29 is 4.79 Å². The summed E-state index contributed by atoms with van der Waals surface area (Å²) in [6.45, 7) is 6.69. The van der Waals surface area contributed by atoms with E-state index in [4.69, 9.17) is 0 Å². The van der Waals surface area contributed by atoms with E-state index in [1.807, 2.05) is 37.9 Å². The second-order valence-electron chi connectivity index (χ2n) is 5.71. The summed E-state index contributed by atoms with van der Waals surface area (Å²) in [6.07, 6.45) is 3.45. The zero-order valence-corrected chi connectivity index (χ0v) is 15.2. The lowest BCUT2D eigenvalue weighted by molar-refractivity contribution is 0.0686. The molecular formula is C16H27Cl2N3O. The van der Waals surface area contributed by atoms with E-state index in [1.165, 1.54) is 6.42 Å². The maximum absolute atomic E-state index is 12.5. The van der Waals surface area contributed by atoms with Crippen LogP contribution in [-0.4, -0.2) is 42.5 Å². The van der Waals surface area contributed by atoms with Gasteiger partial charge in [0.1, 0.15) is 0 Å².